The number of rotatable bonds is 2. The van der Waals surface area contributed by atoms with Crippen molar-refractivity contribution in [1.82, 2.24) is 10.6 Å². The van der Waals surface area contributed by atoms with Crippen LogP contribution >= 0.6 is 0 Å². The first-order chi connectivity index (χ1) is 8.56. The lowest BCUT2D eigenvalue weighted by molar-refractivity contribution is 0.0921. The van der Waals surface area contributed by atoms with Crippen molar-refractivity contribution in [3.63, 3.8) is 0 Å². The average molecular weight is 250 g/mol. The van der Waals surface area contributed by atoms with Crippen LogP contribution in [-0.4, -0.2) is 24.5 Å². The first-order valence-corrected chi connectivity index (χ1v) is 6.36. The van der Waals surface area contributed by atoms with Crippen LogP contribution in [0, 0.1) is 12.7 Å². The Morgan fingerprint density at radius 2 is 2.28 bits per heavy atom. The number of aryl methyl sites for hydroxylation is 1. The Bertz CT molecular complexity index is 447. The average Bonchev–Trinajstić information content (AvgIpc) is 2.32. The Labute approximate surface area is 107 Å². The molecule has 4 heteroatoms. The van der Waals surface area contributed by atoms with Crippen LogP contribution < -0.4 is 10.6 Å². The minimum Gasteiger partial charge on any atom is -0.349 e. The third-order valence-corrected chi connectivity index (χ3v) is 3.33. The van der Waals surface area contributed by atoms with Crippen LogP contribution in [0.3, 0.4) is 0 Å². The van der Waals surface area contributed by atoms with Crippen molar-refractivity contribution in [2.24, 2.45) is 0 Å². The predicted octanol–water partition coefficient (Wildman–Crippen LogP) is 2.00. The van der Waals surface area contributed by atoms with Gasteiger partial charge in [0.2, 0.25) is 0 Å². The van der Waals surface area contributed by atoms with Gasteiger partial charge in [-0.3, -0.25) is 4.79 Å². The summed E-state index contributed by atoms with van der Waals surface area (Å²) >= 11 is 0. The van der Waals surface area contributed by atoms with E-state index in [0.29, 0.717) is 6.04 Å². The number of nitrogens with one attached hydrogen (secondary N) is 2. The third kappa shape index (κ3) is 3.07. The van der Waals surface area contributed by atoms with E-state index in [2.05, 4.69) is 17.6 Å². The fourth-order valence-corrected chi connectivity index (χ4v) is 2.34. The van der Waals surface area contributed by atoms with Crippen molar-refractivity contribution < 1.29 is 9.18 Å². The fraction of sp³-hybridized carbons (Fsp3) is 0.500. The van der Waals surface area contributed by atoms with E-state index in [9.17, 15) is 9.18 Å². The molecule has 0 bridgehead atoms. The van der Waals surface area contributed by atoms with E-state index in [1.807, 2.05) is 6.92 Å². The highest BCUT2D eigenvalue weighted by atomic mass is 19.1. The lowest BCUT2D eigenvalue weighted by Crippen LogP contribution is -2.46. The molecule has 1 aromatic rings. The molecule has 1 aromatic carbocycles. The second-order valence-corrected chi connectivity index (χ2v) is 5.03. The molecule has 98 valence electrons. The molecule has 0 spiro atoms. The lowest BCUT2D eigenvalue weighted by Gasteiger charge is -2.28. The topological polar surface area (TPSA) is 41.1 Å². The normalized spacial score (nSPS) is 23.7. The smallest absolute Gasteiger partial charge is 0.254 e. The van der Waals surface area contributed by atoms with Crippen LogP contribution in [0.5, 0.6) is 0 Å². The van der Waals surface area contributed by atoms with Gasteiger partial charge >= 0.3 is 0 Å². The van der Waals surface area contributed by atoms with Gasteiger partial charge in [-0.1, -0.05) is 11.6 Å². The Balaban J connectivity index is 2.05. The Hall–Kier alpha value is -1.42. The van der Waals surface area contributed by atoms with E-state index in [4.69, 9.17) is 0 Å². The molecular formula is C14H19FN2O. The molecule has 1 fully saturated rings. The Morgan fingerprint density at radius 1 is 1.50 bits per heavy atom. The maximum absolute atomic E-state index is 13.6. The second-order valence-electron chi connectivity index (χ2n) is 5.03. The van der Waals surface area contributed by atoms with Crippen molar-refractivity contribution in [1.29, 1.82) is 0 Å². The van der Waals surface area contributed by atoms with Gasteiger partial charge in [-0.25, -0.2) is 4.39 Å². The van der Waals surface area contributed by atoms with E-state index in [0.717, 1.165) is 24.9 Å². The van der Waals surface area contributed by atoms with Crippen molar-refractivity contribution in [3.05, 3.63) is 35.1 Å². The van der Waals surface area contributed by atoms with Crippen LogP contribution in [0.25, 0.3) is 0 Å². The minimum atomic E-state index is -0.458. The molecule has 0 radical (unpaired) electrons. The highest BCUT2D eigenvalue weighted by Crippen LogP contribution is 2.13. The van der Waals surface area contributed by atoms with E-state index in [-0.39, 0.29) is 17.5 Å². The van der Waals surface area contributed by atoms with Crippen molar-refractivity contribution >= 4 is 5.91 Å². The highest BCUT2D eigenvalue weighted by molar-refractivity contribution is 5.94. The molecule has 0 saturated carbocycles. The number of benzene rings is 1. The van der Waals surface area contributed by atoms with Gasteiger partial charge in [0.1, 0.15) is 5.82 Å². The molecule has 1 aliphatic heterocycles. The predicted molar refractivity (Wildman–Crippen MR) is 69.1 cm³/mol. The van der Waals surface area contributed by atoms with E-state index < -0.39 is 5.82 Å². The van der Waals surface area contributed by atoms with E-state index >= 15 is 0 Å². The zero-order valence-corrected chi connectivity index (χ0v) is 10.8. The summed E-state index contributed by atoms with van der Waals surface area (Å²) in [6.07, 6.45) is 1.78. The molecule has 0 aromatic heterocycles. The number of hydrogen-bond acceptors (Lipinski definition) is 2. The summed E-state index contributed by atoms with van der Waals surface area (Å²) in [7, 11) is 0. The number of carbonyl (C=O) groups is 1. The molecule has 2 atom stereocenters. The number of halogens is 1. The number of piperidine rings is 1. The summed E-state index contributed by atoms with van der Waals surface area (Å²) in [5.41, 5.74) is 1.03. The number of hydrogen-bond donors (Lipinski definition) is 2. The summed E-state index contributed by atoms with van der Waals surface area (Å²) in [4.78, 5) is 12.0. The van der Waals surface area contributed by atoms with Gasteiger partial charge in [0, 0.05) is 12.1 Å². The zero-order chi connectivity index (χ0) is 13.1. The number of carbonyl (C=O) groups excluding carboxylic acids is 1. The second kappa shape index (κ2) is 5.48. The van der Waals surface area contributed by atoms with E-state index in [1.165, 1.54) is 6.07 Å². The van der Waals surface area contributed by atoms with Crippen molar-refractivity contribution in [3.8, 4) is 0 Å². The van der Waals surface area contributed by atoms with Crippen LogP contribution in [0.15, 0.2) is 18.2 Å². The van der Waals surface area contributed by atoms with Gasteiger partial charge in [0.15, 0.2) is 0 Å². The summed E-state index contributed by atoms with van der Waals surface area (Å²) in [5.74, 6) is -0.768. The van der Waals surface area contributed by atoms with Crippen LogP contribution in [0.1, 0.15) is 35.7 Å². The highest BCUT2D eigenvalue weighted by Gasteiger charge is 2.21. The quantitative estimate of drug-likeness (QED) is 0.843. The fourth-order valence-electron chi connectivity index (χ4n) is 2.34. The van der Waals surface area contributed by atoms with Crippen LogP contribution in [0.4, 0.5) is 4.39 Å². The Morgan fingerprint density at radius 3 is 3.00 bits per heavy atom. The van der Waals surface area contributed by atoms with Gasteiger partial charge in [0.05, 0.1) is 5.56 Å². The van der Waals surface area contributed by atoms with Crippen molar-refractivity contribution in [2.45, 2.75) is 38.8 Å². The molecule has 2 unspecified atom stereocenters. The Kier molecular flexibility index (Phi) is 3.97. The molecule has 1 aliphatic rings. The van der Waals surface area contributed by atoms with Crippen molar-refractivity contribution in [2.75, 3.05) is 6.54 Å². The van der Waals surface area contributed by atoms with Crippen LogP contribution in [0.2, 0.25) is 0 Å². The SMILES string of the molecule is Cc1ccc(F)c(C(=O)NC2CCNC(C)C2)c1. The standard InChI is InChI=1S/C14H19FN2O/c1-9-3-4-13(15)12(7-9)14(18)17-11-5-6-16-10(2)8-11/h3-4,7,10-11,16H,5-6,8H2,1-2H3,(H,17,18). The molecule has 0 aliphatic carbocycles. The van der Waals surface area contributed by atoms with Gasteiger partial charge in [-0.15, -0.1) is 0 Å². The van der Waals surface area contributed by atoms with Gasteiger partial charge < -0.3 is 10.6 Å². The number of amides is 1. The first-order valence-electron chi connectivity index (χ1n) is 6.36. The van der Waals surface area contributed by atoms with E-state index in [1.54, 1.807) is 12.1 Å². The lowest BCUT2D eigenvalue weighted by atomic mass is 10.00. The largest absolute Gasteiger partial charge is 0.349 e. The molecule has 1 saturated heterocycles. The third-order valence-electron chi connectivity index (χ3n) is 3.33. The molecule has 18 heavy (non-hydrogen) atoms. The first kappa shape index (κ1) is 13.0. The minimum absolute atomic E-state index is 0.133. The maximum atomic E-state index is 13.6. The van der Waals surface area contributed by atoms with Gasteiger partial charge in [-0.2, -0.15) is 0 Å². The summed E-state index contributed by atoms with van der Waals surface area (Å²) < 4.78 is 13.6. The molecule has 3 nitrogen and oxygen atoms in total. The summed E-state index contributed by atoms with van der Waals surface area (Å²) in [6.45, 7) is 4.83. The molecule has 1 heterocycles. The maximum Gasteiger partial charge on any atom is 0.254 e. The summed E-state index contributed by atoms with van der Waals surface area (Å²) in [6, 6.07) is 5.13. The van der Waals surface area contributed by atoms with Gasteiger partial charge in [0.25, 0.3) is 5.91 Å². The molecule has 2 rings (SSSR count). The monoisotopic (exact) mass is 250 g/mol. The molecule has 2 N–H and O–H groups in total. The van der Waals surface area contributed by atoms with Gasteiger partial charge in [-0.05, 0) is 45.4 Å². The molecule has 1 amide bonds. The molecular weight excluding hydrogens is 231 g/mol. The summed E-state index contributed by atoms with van der Waals surface area (Å²) in [5, 5.41) is 6.23. The zero-order valence-electron chi connectivity index (χ0n) is 10.8. The van der Waals surface area contributed by atoms with Crippen LogP contribution in [-0.2, 0) is 0 Å².